The SMILES string of the molecule is Cl.O=c1cc(-c2ccc(C(F)(F)F)nc2)ccn1-c1ccc2c3c([nH]c2c1)CCN1CCCC31. The Kier molecular flexibility index (Phi) is 5.53. The minimum absolute atomic E-state index is 0. The van der Waals surface area contributed by atoms with Crippen LogP contribution in [0.3, 0.4) is 0 Å². The first-order valence-electron chi connectivity index (χ1n) is 11.0. The minimum Gasteiger partial charge on any atom is -0.358 e. The molecule has 2 aliphatic heterocycles. The van der Waals surface area contributed by atoms with Gasteiger partial charge in [-0.25, -0.2) is 0 Å². The zero-order chi connectivity index (χ0) is 22.7. The van der Waals surface area contributed by atoms with E-state index in [0.29, 0.717) is 17.2 Å². The molecule has 1 fully saturated rings. The van der Waals surface area contributed by atoms with Gasteiger partial charge in [-0.2, -0.15) is 13.2 Å². The van der Waals surface area contributed by atoms with Gasteiger partial charge in [0.15, 0.2) is 0 Å². The molecule has 6 rings (SSSR count). The van der Waals surface area contributed by atoms with Gasteiger partial charge in [0.2, 0.25) is 0 Å². The molecule has 1 unspecified atom stereocenters. The Balaban J connectivity index is 0.00000241. The summed E-state index contributed by atoms with van der Waals surface area (Å²) in [6.45, 7) is 2.24. The zero-order valence-electron chi connectivity index (χ0n) is 18.1. The fourth-order valence-corrected chi connectivity index (χ4v) is 5.27. The van der Waals surface area contributed by atoms with Gasteiger partial charge in [-0.05, 0) is 54.8 Å². The second kappa shape index (κ2) is 8.29. The highest BCUT2D eigenvalue weighted by Crippen LogP contribution is 2.41. The molecule has 4 aromatic rings. The van der Waals surface area contributed by atoms with Crippen molar-refractivity contribution < 1.29 is 13.2 Å². The molecule has 1 aromatic carbocycles. The maximum atomic E-state index is 12.9. The molecule has 0 amide bonds. The summed E-state index contributed by atoms with van der Waals surface area (Å²) < 4.78 is 39.8. The number of pyridine rings is 2. The molecule has 0 bridgehead atoms. The lowest BCUT2D eigenvalue weighted by Gasteiger charge is -2.29. The number of aromatic amines is 1. The number of nitrogens with one attached hydrogen (secondary N) is 1. The fourth-order valence-electron chi connectivity index (χ4n) is 5.27. The Bertz CT molecular complexity index is 1430. The number of fused-ring (bicyclic) bond motifs is 5. The summed E-state index contributed by atoms with van der Waals surface area (Å²) in [5.41, 5.74) is 4.23. The molecule has 0 aliphatic carbocycles. The smallest absolute Gasteiger partial charge is 0.358 e. The van der Waals surface area contributed by atoms with Crippen LogP contribution >= 0.6 is 12.4 Å². The molecule has 0 spiro atoms. The number of aromatic nitrogens is 3. The van der Waals surface area contributed by atoms with E-state index < -0.39 is 11.9 Å². The van der Waals surface area contributed by atoms with E-state index in [0.717, 1.165) is 43.0 Å². The van der Waals surface area contributed by atoms with Crippen LogP contribution < -0.4 is 5.56 Å². The van der Waals surface area contributed by atoms with Crippen molar-refractivity contribution in [3.05, 3.63) is 82.2 Å². The molecular weight excluding hydrogens is 465 g/mol. The predicted molar refractivity (Wildman–Crippen MR) is 127 cm³/mol. The maximum absolute atomic E-state index is 12.9. The number of rotatable bonds is 2. The van der Waals surface area contributed by atoms with Crippen molar-refractivity contribution in [2.24, 2.45) is 0 Å². The van der Waals surface area contributed by atoms with Crippen LogP contribution in [0, 0.1) is 0 Å². The van der Waals surface area contributed by atoms with Crippen molar-refractivity contribution in [2.45, 2.75) is 31.5 Å². The second-order valence-electron chi connectivity index (χ2n) is 8.74. The monoisotopic (exact) mass is 486 g/mol. The molecule has 0 saturated carbocycles. The van der Waals surface area contributed by atoms with E-state index in [9.17, 15) is 18.0 Å². The van der Waals surface area contributed by atoms with Gasteiger partial charge in [0, 0.05) is 59.6 Å². The molecule has 2 aliphatic rings. The van der Waals surface area contributed by atoms with E-state index in [1.165, 1.54) is 41.6 Å². The minimum atomic E-state index is -4.49. The van der Waals surface area contributed by atoms with Crippen molar-refractivity contribution >= 4 is 23.3 Å². The van der Waals surface area contributed by atoms with E-state index >= 15 is 0 Å². The molecule has 176 valence electrons. The normalized spacial score (nSPS) is 17.9. The molecule has 0 radical (unpaired) electrons. The van der Waals surface area contributed by atoms with Gasteiger partial charge in [0.05, 0.1) is 5.69 Å². The molecule has 1 N–H and O–H groups in total. The first-order valence-corrected chi connectivity index (χ1v) is 11.0. The van der Waals surface area contributed by atoms with Gasteiger partial charge in [-0.15, -0.1) is 12.4 Å². The number of nitrogens with zero attached hydrogens (tertiary/aromatic N) is 3. The first kappa shape index (κ1) is 22.7. The van der Waals surface area contributed by atoms with E-state index in [1.807, 2.05) is 12.1 Å². The van der Waals surface area contributed by atoms with Gasteiger partial charge in [-0.1, -0.05) is 12.1 Å². The molecule has 5 nitrogen and oxygen atoms in total. The molecule has 34 heavy (non-hydrogen) atoms. The van der Waals surface area contributed by atoms with Crippen LogP contribution in [0.4, 0.5) is 13.2 Å². The third-order valence-electron chi connectivity index (χ3n) is 6.83. The van der Waals surface area contributed by atoms with Gasteiger partial charge in [0.1, 0.15) is 5.69 Å². The fraction of sp³-hybridized carbons (Fsp3) is 0.280. The number of alkyl halides is 3. The van der Waals surface area contributed by atoms with Crippen LogP contribution in [0.5, 0.6) is 0 Å². The Labute approximate surface area is 199 Å². The van der Waals surface area contributed by atoms with Crippen LogP contribution in [0.1, 0.15) is 35.8 Å². The second-order valence-corrected chi connectivity index (χ2v) is 8.74. The lowest BCUT2D eigenvalue weighted by Crippen LogP contribution is -2.30. The molecule has 5 heterocycles. The molecule has 1 saturated heterocycles. The largest absolute Gasteiger partial charge is 0.433 e. The van der Waals surface area contributed by atoms with E-state index in [4.69, 9.17) is 0 Å². The summed E-state index contributed by atoms with van der Waals surface area (Å²) >= 11 is 0. The van der Waals surface area contributed by atoms with Gasteiger partial charge >= 0.3 is 6.18 Å². The van der Waals surface area contributed by atoms with Crippen molar-refractivity contribution in [1.29, 1.82) is 0 Å². The number of H-pyrrole nitrogens is 1. The third kappa shape index (κ3) is 3.71. The van der Waals surface area contributed by atoms with E-state index in [2.05, 4.69) is 20.9 Å². The standard InChI is InChI=1S/C25H21F3N4O.ClH/c26-25(27,28)22-6-3-16(14-29-22)15-7-11-32(23(33)12-15)17-4-5-18-20(13-17)30-19-8-10-31-9-1-2-21(31)24(18)19;/h3-7,11-14,21,30H,1-2,8-10H2;1H. The predicted octanol–water partition coefficient (Wildman–Crippen LogP) is 5.51. The Morgan fingerprint density at radius 2 is 1.88 bits per heavy atom. The summed E-state index contributed by atoms with van der Waals surface area (Å²) in [5, 5.41) is 1.21. The Morgan fingerprint density at radius 3 is 2.62 bits per heavy atom. The highest BCUT2D eigenvalue weighted by Gasteiger charge is 2.34. The number of benzene rings is 1. The Hall–Kier alpha value is -3.10. The van der Waals surface area contributed by atoms with Gasteiger partial charge in [0.25, 0.3) is 5.56 Å². The Morgan fingerprint density at radius 1 is 1.03 bits per heavy atom. The summed E-state index contributed by atoms with van der Waals surface area (Å²) in [5.74, 6) is 0. The number of hydrogen-bond donors (Lipinski definition) is 1. The van der Waals surface area contributed by atoms with Crippen LogP contribution in [-0.2, 0) is 12.6 Å². The van der Waals surface area contributed by atoms with Crippen LogP contribution in [-0.4, -0.2) is 32.5 Å². The van der Waals surface area contributed by atoms with Crippen LogP contribution in [0.25, 0.3) is 27.7 Å². The number of halogens is 4. The first-order chi connectivity index (χ1) is 15.9. The summed E-state index contributed by atoms with van der Waals surface area (Å²) in [6, 6.07) is 11.9. The summed E-state index contributed by atoms with van der Waals surface area (Å²) in [7, 11) is 0. The topological polar surface area (TPSA) is 53.9 Å². The van der Waals surface area contributed by atoms with Crippen molar-refractivity contribution in [3.8, 4) is 16.8 Å². The van der Waals surface area contributed by atoms with Gasteiger partial charge in [-0.3, -0.25) is 19.2 Å². The lowest BCUT2D eigenvalue weighted by molar-refractivity contribution is -0.141. The van der Waals surface area contributed by atoms with E-state index in [1.54, 1.807) is 16.8 Å². The molecule has 3 aromatic heterocycles. The zero-order valence-corrected chi connectivity index (χ0v) is 18.9. The average molecular weight is 487 g/mol. The maximum Gasteiger partial charge on any atom is 0.433 e. The van der Waals surface area contributed by atoms with E-state index in [-0.39, 0.29) is 18.0 Å². The van der Waals surface area contributed by atoms with Crippen molar-refractivity contribution in [2.75, 3.05) is 13.1 Å². The molecular formula is C25H22ClF3N4O. The van der Waals surface area contributed by atoms with Crippen LogP contribution in [0.2, 0.25) is 0 Å². The van der Waals surface area contributed by atoms with Gasteiger partial charge < -0.3 is 4.98 Å². The van der Waals surface area contributed by atoms with Crippen molar-refractivity contribution in [1.82, 2.24) is 19.4 Å². The number of hydrogen-bond acceptors (Lipinski definition) is 3. The highest BCUT2D eigenvalue weighted by atomic mass is 35.5. The lowest BCUT2D eigenvalue weighted by atomic mass is 9.96. The average Bonchev–Trinajstić information content (AvgIpc) is 3.42. The quantitative estimate of drug-likeness (QED) is 0.406. The molecule has 9 heteroatoms. The van der Waals surface area contributed by atoms with Crippen LogP contribution in [0.15, 0.2) is 59.7 Å². The van der Waals surface area contributed by atoms with Crippen molar-refractivity contribution in [3.63, 3.8) is 0 Å². The highest BCUT2D eigenvalue weighted by molar-refractivity contribution is 5.87. The third-order valence-corrected chi connectivity index (χ3v) is 6.83. The molecule has 1 atom stereocenters. The summed E-state index contributed by atoms with van der Waals surface area (Å²) in [4.78, 5) is 22.5. The summed E-state index contributed by atoms with van der Waals surface area (Å²) in [6.07, 6.45) is 1.72.